The average molecular weight is 490 g/mol. The minimum absolute atomic E-state index is 0.0666. The number of hydrogen-bond acceptors (Lipinski definition) is 7. The lowest BCUT2D eigenvalue weighted by molar-refractivity contribution is 0.0422. The molecule has 9 heteroatoms. The summed E-state index contributed by atoms with van der Waals surface area (Å²) < 4.78 is 42.4. The molecule has 3 unspecified atom stereocenters. The first-order valence-electron chi connectivity index (χ1n) is 11.8. The average Bonchev–Trinajstić information content (AvgIpc) is 3.51. The van der Waals surface area contributed by atoms with Crippen molar-refractivity contribution in [2.24, 2.45) is 0 Å². The summed E-state index contributed by atoms with van der Waals surface area (Å²) in [5.41, 5.74) is 4.60. The van der Waals surface area contributed by atoms with Gasteiger partial charge in [-0.15, -0.1) is 0 Å². The second kappa shape index (κ2) is 8.03. The Morgan fingerprint density at radius 3 is 2.67 bits per heavy atom. The van der Waals surface area contributed by atoms with Crippen molar-refractivity contribution in [3.8, 4) is 23.0 Å². The predicted octanol–water partition coefficient (Wildman–Crippen LogP) is 4.73. The van der Waals surface area contributed by atoms with Crippen LogP contribution in [0, 0.1) is 5.82 Å². The number of carbonyl (C=O) groups is 1. The van der Waals surface area contributed by atoms with E-state index in [1.54, 1.807) is 6.07 Å². The van der Waals surface area contributed by atoms with Gasteiger partial charge in [0.2, 0.25) is 13.6 Å². The highest BCUT2D eigenvalue weighted by Crippen LogP contribution is 2.54. The zero-order valence-corrected chi connectivity index (χ0v) is 19.5. The molecule has 3 aromatic rings. The van der Waals surface area contributed by atoms with Gasteiger partial charge in [-0.05, 0) is 60.1 Å². The molecule has 0 bridgehead atoms. The van der Waals surface area contributed by atoms with Gasteiger partial charge in [0.25, 0.3) is 0 Å². The molecule has 4 aliphatic rings. The SMILES string of the molecule is CN1Cc2c(ccc3c2OCO3)C2C(OC(=O)Nc3cccc(F)c3)Cc3cc4c(cc3C21)OCO4. The maximum atomic E-state index is 13.6. The summed E-state index contributed by atoms with van der Waals surface area (Å²) in [6, 6.07) is 13.7. The Kier molecular flexibility index (Phi) is 4.75. The van der Waals surface area contributed by atoms with Gasteiger partial charge in [0.1, 0.15) is 11.9 Å². The Morgan fingerprint density at radius 2 is 1.81 bits per heavy atom. The fourth-order valence-electron chi connectivity index (χ4n) is 5.91. The molecule has 7 rings (SSSR count). The molecule has 1 amide bonds. The van der Waals surface area contributed by atoms with Crippen LogP contribution >= 0.6 is 0 Å². The maximum absolute atomic E-state index is 13.6. The molecule has 0 spiro atoms. The van der Waals surface area contributed by atoms with Crippen LogP contribution < -0.4 is 24.3 Å². The summed E-state index contributed by atoms with van der Waals surface area (Å²) in [6.45, 7) is 1.02. The molecule has 0 aromatic heterocycles. The highest BCUT2D eigenvalue weighted by atomic mass is 19.1. The van der Waals surface area contributed by atoms with Crippen LogP contribution in [0.25, 0.3) is 0 Å². The number of anilines is 1. The number of fused-ring (bicyclic) bond motifs is 8. The first-order valence-corrected chi connectivity index (χ1v) is 11.8. The first-order chi connectivity index (χ1) is 17.5. The minimum Gasteiger partial charge on any atom is -0.454 e. The topological polar surface area (TPSA) is 78.5 Å². The molecule has 184 valence electrons. The number of amides is 1. The van der Waals surface area contributed by atoms with Crippen molar-refractivity contribution >= 4 is 11.8 Å². The number of benzene rings is 3. The van der Waals surface area contributed by atoms with E-state index in [2.05, 4.69) is 17.3 Å². The Morgan fingerprint density at radius 1 is 1.00 bits per heavy atom. The summed E-state index contributed by atoms with van der Waals surface area (Å²) in [7, 11) is 2.05. The molecule has 3 heterocycles. The summed E-state index contributed by atoms with van der Waals surface area (Å²) in [5.74, 6) is 2.28. The van der Waals surface area contributed by atoms with E-state index < -0.39 is 18.0 Å². The lowest BCUT2D eigenvalue weighted by Gasteiger charge is -2.47. The Hall–Kier alpha value is -3.98. The molecule has 3 aliphatic heterocycles. The molecule has 1 N–H and O–H groups in total. The van der Waals surface area contributed by atoms with E-state index in [1.807, 2.05) is 24.3 Å². The van der Waals surface area contributed by atoms with E-state index in [0.717, 1.165) is 39.5 Å². The molecular weight excluding hydrogens is 467 g/mol. The van der Waals surface area contributed by atoms with Crippen LogP contribution in [0.1, 0.15) is 34.2 Å². The number of nitrogens with zero attached hydrogens (tertiary/aromatic N) is 1. The summed E-state index contributed by atoms with van der Waals surface area (Å²) in [4.78, 5) is 15.2. The molecule has 0 saturated carbocycles. The second-order valence-corrected chi connectivity index (χ2v) is 9.44. The highest BCUT2D eigenvalue weighted by molar-refractivity contribution is 5.84. The third kappa shape index (κ3) is 3.34. The van der Waals surface area contributed by atoms with Crippen LogP contribution in [0.2, 0.25) is 0 Å². The van der Waals surface area contributed by atoms with Crippen molar-refractivity contribution in [1.29, 1.82) is 0 Å². The zero-order chi connectivity index (χ0) is 24.4. The van der Waals surface area contributed by atoms with Crippen molar-refractivity contribution in [3.05, 3.63) is 76.6 Å². The number of nitrogens with one attached hydrogen (secondary N) is 1. The monoisotopic (exact) mass is 490 g/mol. The number of carbonyl (C=O) groups excluding carboxylic acids is 1. The first kappa shape index (κ1) is 21.3. The maximum Gasteiger partial charge on any atom is 0.411 e. The quantitative estimate of drug-likeness (QED) is 0.557. The molecular formula is C27H23FN2O6. The van der Waals surface area contributed by atoms with Gasteiger partial charge in [0.05, 0.1) is 0 Å². The highest BCUT2D eigenvalue weighted by Gasteiger charge is 2.47. The molecule has 36 heavy (non-hydrogen) atoms. The molecule has 3 atom stereocenters. The third-order valence-corrected chi connectivity index (χ3v) is 7.36. The summed E-state index contributed by atoms with van der Waals surface area (Å²) in [6.07, 6.45) is -0.631. The Balaban J connectivity index is 1.30. The predicted molar refractivity (Wildman–Crippen MR) is 126 cm³/mol. The van der Waals surface area contributed by atoms with Crippen molar-refractivity contribution in [3.63, 3.8) is 0 Å². The minimum atomic E-state index is -0.635. The number of halogens is 1. The van der Waals surface area contributed by atoms with Gasteiger partial charge in [-0.1, -0.05) is 12.1 Å². The smallest absolute Gasteiger partial charge is 0.411 e. The Labute approximate surface area is 206 Å². The molecule has 0 radical (unpaired) electrons. The van der Waals surface area contributed by atoms with Crippen molar-refractivity contribution in [2.45, 2.75) is 31.0 Å². The number of likely N-dealkylation sites (N-methyl/N-ethyl adjacent to an activating group) is 1. The van der Waals surface area contributed by atoms with Gasteiger partial charge in [-0.3, -0.25) is 10.2 Å². The van der Waals surface area contributed by atoms with E-state index >= 15 is 0 Å². The van der Waals surface area contributed by atoms with Crippen molar-refractivity contribution in [2.75, 3.05) is 26.0 Å². The van der Waals surface area contributed by atoms with Gasteiger partial charge < -0.3 is 23.7 Å². The van der Waals surface area contributed by atoms with E-state index in [0.29, 0.717) is 24.4 Å². The van der Waals surface area contributed by atoms with E-state index in [9.17, 15) is 9.18 Å². The van der Waals surface area contributed by atoms with Gasteiger partial charge in [0, 0.05) is 36.2 Å². The van der Waals surface area contributed by atoms with Crippen molar-refractivity contribution in [1.82, 2.24) is 4.90 Å². The molecule has 3 aromatic carbocycles. The number of ether oxygens (including phenoxy) is 5. The lowest BCUT2D eigenvalue weighted by Crippen LogP contribution is -2.45. The lowest BCUT2D eigenvalue weighted by atomic mass is 9.70. The second-order valence-electron chi connectivity index (χ2n) is 9.44. The molecule has 8 nitrogen and oxygen atoms in total. The van der Waals surface area contributed by atoms with Crippen molar-refractivity contribution < 1.29 is 32.9 Å². The van der Waals surface area contributed by atoms with Crippen LogP contribution in [0.5, 0.6) is 23.0 Å². The van der Waals surface area contributed by atoms with Crippen LogP contribution in [-0.2, 0) is 17.7 Å². The Bertz CT molecular complexity index is 1390. The largest absolute Gasteiger partial charge is 0.454 e. The van der Waals surface area contributed by atoms with Crippen LogP contribution in [0.3, 0.4) is 0 Å². The van der Waals surface area contributed by atoms with E-state index in [4.69, 9.17) is 23.7 Å². The van der Waals surface area contributed by atoms with Gasteiger partial charge >= 0.3 is 6.09 Å². The standard InChI is InChI=1S/C27H23FN2O6/c1-30-11-19-17(5-6-20-26(19)35-13-32-20)24-23(36-27(31)29-16-4-2-3-15(28)9-16)8-14-7-21-22(34-12-33-21)10-18(14)25(24)30/h2-7,9-10,23-25H,8,11-13H2,1H3,(H,29,31). The molecule has 1 aliphatic carbocycles. The number of hydrogen-bond donors (Lipinski definition) is 1. The summed E-state index contributed by atoms with van der Waals surface area (Å²) >= 11 is 0. The van der Waals surface area contributed by atoms with E-state index in [1.165, 1.54) is 18.2 Å². The third-order valence-electron chi connectivity index (χ3n) is 7.36. The van der Waals surface area contributed by atoms with E-state index in [-0.39, 0.29) is 25.5 Å². The molecule has 0 fully saturated rings. The van der Waals surface area contributed by atoms with Crippen LogP contribution in [-0.4, -0.2) is 37.7 Å². The van der Waals surface area contributed by atoms with Gasteiger partial charge in [0.15, 0.2) is 23.0 Å². The van der Waals surface area contributed by atoms with Gasteiger partial charge in [-0.2, -0.15) is 0 Å². The van der Waals surface area contributed by atoms with Crippen LogP contribution in [0.4, 0.5) is 14.9 Å². The fourth-order valence-corrected chi connectivity index (χ4v) is 5.91. The van der Waals surface area contributed by atoms with Gasteiger partial charge in [-0.25, -0.2) is 9.18 Å². The normalized spacial score (nSPS) is 22.9. The van der Waals surface area contributed by atoms with Crippen LogP contribution in [0.15, 0.2) is 48.5 Å². The zero-order valence-electron chi connectivity index (χ0n) is 19.5. The fraction of sp³-hybridized carbons (Fsp3) is 0.296. The summed E-state index contributed by atoms with van der Waals surface area (Å²) in [5, 5.41) is 2.66. The number of rotatable bonds is 2. The molecule has 0 saturated heterocycles.